The monoisotopic (exact) mass is 349 g/mol. The summed E-state index contributed by atoms with van der Waals surface area (Å²) in [6, 6.07) is 0.0696. The first-order valence-electron chi connectivity index (χ1n) is 9.25. The van der Waals surface area contributed by atoms with E-state index in [1.165, 1.54) is 0 Å². The van der Waals surface area contributed by atoms with Gasteiger partial charge in [-0.05, 0) is 40.5 Å². The van der Waals surface area contributed by atoms with Gasteiger partial charge in [-0.2, -0.15) is 5.10 Å². The standard InChI is InChI=1S/C18H31N5O2/c1-12(2)20-16(24)9-10-19-18(25)23-11-7-5-6-8-15(23)17-13(3)21-22-14(17)4/h12,15H,5-11H2,1-4H3,(H,19,25)(H,20,24)(H,21,22)/t15-/m1/s1. The fourth-order valence-corrected chi connectivity index (χ4v) is 3.48. The molecule has 1 atom stereocenters. The molecule has 2 rings (SSSR count). The maximum Gasteiger partial charge on any atom is 0.317 e. The number of carbonyl (C=O) groups is 2. The minimum atomic E-state index is -0.0933. The van der Waals surface area contributed by atoms with Crippen molar-refractivity contribution in [1.29, 1.82) is 0 Å². The fraction of sp³-hybridized carbons (Fsp3) is 0.722. The van der Waals surface area contributed by atoms with E-state index in [0.717, 1.165) is 49.2 Å². The Morgan fingerprint density at radius 3 is 2.68 bits per heavy atom. The third-order valence-corrected chi connectivity index (χ3v) is 4.61. The van der Waals surface area contributed by atoms with E-state index in [1.807, 2.05) is 32.6 Å². The lowest BCUT2D eigenvalue weighted by Crippen LogP contribution is -2.43. The predicted octanol–water partition coefficient (Wildman–Crippen LogP) is 2.57. The Kier molecular flexibility index (Phi) is 6.84. The Labute approximate surface area is 149 Å². The van der Waals surface area contributed by atoms with Gasteiger partial charge in [0.1, 0.15) is 0 Å². The van der Waals surface area contributed by atoms with E-state index in [1.54, 1.807) is 0 Å². The van der Waals surface area contributed by atoms with Gasteiger partial charge in [-0.1, -0.05) is 12.8 Å². The van der Waals surface area contributed by atoms with Crippen molar-refractivity contribution < 1.29 is 9.59 Å². The molecule has 140 valence electrons. The Hall–Kier alpha value is -2.05. The smallest absolute Gasteiger partial charge is 0.317 e. The van der Waals surface area contributed by atoms with Crippen molar-refractivity contribution in [2.24, 2.45) is 0 Å². The molecule has 25 heavy (non-hydrogen) atoms. The Balaban J connectivity index is 2.00. The highest BCUT2D eigenvalue weighted by Gasteiger charge is 2.30. The van der Waals surface area contributed by atoms with Crippen LogP contribution < -0.4 is 10.6 Å². The second-order valence-corrected chi connectivity index (χ2v) is 7.11. The molecular weight excluding hydrogens is 318 g/mol. The normalized spacial score (nSPS) is 18.1. The highest BCUT2D eigenvalue weighted by atomic mass is 16.2. The van der Waals surface area contributed by atoms with Crippen LogP contribution in [-0.2, 0) is 4.79 Å². The molecule has 1 aromatic heterocycles. The van der Waals surface area contributed by atoms with Crippen LogP contribution in [0.1, 0.15) is 68.9 Å². The van der Waals surface area contributed by atoms with Crippen LogP contribution in [0, 0.1) is 13.8 Å². The average molecular weight is 349 g/mol. The summed E-state index contributed by atoms with van der Waals surface area (Å²) in [5.41, 5.74) is 3.12. The first-order valence-corrected chi connectivity index (χ1v) is 9.25. The highest BCUT2D eigenvalue weighted by Crippen LogP contribution is 2.33. The van der Waals surface area contributed by atoms with Crippen molar-refractivity contribution in [2.45, 2.75) is 71.9 Å². The summed E-state index contributed by atoms with van der Waals surface area (Å²) >= 11 is 0. The van der Waals surface area contributed by atoms with Crippen LogP contribution >= 0.6 is 0 Å². The first-order chi connectivity index (χ1) is 11.9. The molecule has 1 aliphatic rings. The van der Waals surface area contributed by atoms with Gasteiger partial charge in [0.05, 0.1) is 11.7 Å². The molecule has 1 fully saturated rings. The second-order valence-electron chi connectivity index (χ2n) is 7.11. The third kappa shape index (κ3) is 5.21. The molecule has 1 saturated heterocycles. The van der Waals surface area contributed by atoms with Gasteiger partial charge in [-0.25, -0.2) is 4.79 Å². The molecule has 0 radical (unpaired) electrons. The van der Waals surface area contributed by atoms with Crippen LogP contribution in [0.15, 0.2) is 0 Å². The van der Waals surface area contributed by atoms with Crippen molar-refractivity contribution in [1.82, 2.24) is 25.7 Å². The van der Waals surface area contributed by atoms with Crippen molar-refractivity contribution in [2.75, 3.05) is 13.1 Å². The summed E-state index contributed by atoms with van der Waals surface area (Å²) < 4.78 is 0. The molecular formula is C18H31N5O2. The van der Waals surface area contributed by atoms with E-state index in [4.69, 9.17) is 0 Å². The largest absolute Gasteiger partial charge is 0.354 e. The number of aromatic amines is 1. The maximum absolute atomic E-state index is 12.7. The van der Waals surface area contributed by atoms with E-state index in [9.17, 15) is 9.59 Å². The Morgan fingerprint density at radius 2 is 2.04 bits per heavy atom. The lowest BCUT2D eigenvalue weighted by Gasteiger charge is -2.30. The van der Waals surface area contributed by atoms with Crippen molar-refractivity contribution in [3.63, 3.8) is 0 Å². The lowest BCUT2D eigenvalue weighted by atomic mass is 9.99. The predicted molar refractivity (Wildman–Crippen MR) is 97.3 cm³/mol. The number of likely N-dealkylation sites (tertiary alicyclic amines) is 1. The number of aromatic nitrogens is 2. The van der Waals surface area contributed by atoms with Crippen molar-refractivity contribution >= 4 is 11.9 Å². The van der Waals surface area contributed by atoms with Crippen molar-refractivity contribution in [3.8, 4) is 0 Å². The molecule has 3 N–H and O–H groups in total. The minimum absolute atomic E-state index is 0.0377. The molecule has 3 amide bonds. The molecule has 0 bridgehead atoms. The Bertz CT molecular complexity index is 577. The maximum atomic E-state index is 12.7. The molecule has 1 aliphatic heterocycles. The number of rotatable bonds is 5. The van der Waals surface area contributed by atoms with E-state index in [0.29, 0.717) is 13.0 Å². The number of nitrogens with zero attached hydrogens (tertiary/aromatic N) is 2. The number of H-pyrrole nitrogens is 1. The molecule has 7 heteroatoms. The van der Waals surface area contributed by atoms with Crippen LogP contribution in [0.5, 0.6) is 0 Å². The van der Waals surface area contributed by atoms with Gasteiger partial charge in [0, 0.05) is 36.8 Å². The van der Waals surface area contributed by atoms with E-state index in [2.05, 4.69) is 20.8 Å². The molecule has 0 aromatic carbocycles. The van der Waals surface area contributed by atoms with Gasteiger partial charge >= 0.3 is 6.03 Å². The summed E-state index contributed by atoms with van der Waals surface area (Å²) in [4.78, 5) is 26.4. The van der Waals surface area contributed by atoms with Crippen LogP contribution in [0.25, 0.3) is 0 Å². The lowest BCUT2D eigenvalue weighted by molar-refractivity contribution is -0.121. The van der Waals surface area contributed by atoms with E-state index >= 15 is 0 Å². The minimum Gasteiger partial charge on any atom is -0.354 e. The molecule has 1 aromatic rings. The van der Waals surface area contributed by atoms with Crippen molar-refractivity contribution in [3.05, 3.63) is 17.0 Å². The van der Waals surface area contributed by atoms with Gasteiger partial charge in [0.25, 0.3) is 0 Å². The number of hydrogen-bond acceptors (Lipinski definition) is 3. The number of carbonyl (C=O) groups excluding carboxylic acids is 2. The highest BCUT2D eigenvalue weighted by molar-refractivity contribution is 5.78. The second kappa shape index (κ2) is 8.87. The quantitative estimate of drug-likeness (QED) is 0.763. The van der Waals surface area contributed by atoms with Gasteiger partial charge in [0.2, 0.25) is 5.91 Å². The number of nitrogens with one attached hydrogen (secondary N) is 3. The summed E-state index contributed by atoms with van der Waals surface area (Å²) in [5.74, 6) is -0.0377. The zero-order valence-corrected chi connectivity index (χ0v) is 15.8. The van der Waals surface area contributed by atoms with Gasteiger partial charge < -0.3 is 15.5 Å². The molecule has 0 saturated carbocycles. The van der Waals surface area contributed by atoms with E-state index < -0.39 is 0 Å². The topological polar surface area (TPSA) is 90.1 Å². The molecule has 7 nitrogen and oxygen atoms in total. The Morgan fingerprint density at radius 1 is 1.28 bits per heavy atom. The third-order valence-electron chi connectivity index (χ3n) is 4.61. The zero-order chi connectivity index (χ0) is 18.4. The zero-order valence-electron chi connectivity index (χ0n) is 15.8. The van der Waals surface area contributed by atoms with Crippen LogP contribution in [0.2, 0.25) is 0 Å². The molecule has 2 heterocycles. The van der Waals surface area contributed by atoms with Gasteiger partial charge in [-0.15, -0.1) is 0 Å². The summed E-state index contributed by atoms with van der Waals surface area (Å²) in [6.07, 6.45) is 4.49. The summed E-state index contributed by atoms with van der Waals surface area (Å²) in [5, 5.41) is 13.1. The fourth-order valence-electron chi connectivity index (χ4n) is 3.48. The van der Waals surface area contributed by atoms with Gasteiger partial charge in [0.15, 0.2) is 0 Å². The SMILES string of the molecule is Cc1n[nH]c(C)c1[C@H]1CCCCCN1C(=O)NCCC(=O)NC(C)C. The van der Waals surface area contributed by atoms with E-state index in [-0.39, 0.29) is 24.0 Å². The first kappa shape index (κ1) is 19.3. The number of hydrogen-bond donors (Lipinski definition) is 3. The average Bonchev–Trinajstić information content (AvgIpc) is 2.74. The van der Waals surface area contributed by atoms with Crippen LogP contribution in [0.4, 0.5) is 4.79 Å². The molecule has 0 unspecified atom stereocenters. The summed E-state index contributed by atoms with van der Waals surface area (Å²) in [7, 11) is 0. The number of urea groups is 1. The van der Waals surface area contributed by atoms with Gasteiger partial charge in [-0.3, -0.25) is 9.89 Å². The van der Waals surface area contributed by atoms with Crippen LogP contribution in [-0.4, -0.2) is 46.2 Å². The van der Waals surface area contributed by atoms with Crippen LogP contribution in [0.3, 0.4) is 0 Å². The number of amides is 3. The number of aryl methyl sites for hydroxylation is 2. The molecule has 0 aliphatic carbocycles. The molecule has 0 spiro atoms. The summed E-state index contributed by atoms with van der Waals surface area (Å²) in [6.45, 7) is 8.92.